The van der Waals surface area contributed by atoms with Crippen molar-refractivity contribution in [2.75, 3.05) is 25.0 Å². The van der Waals surface area contributed by atoms with Crippen LogP contribution in [0, 0.1) is 6.92 Å². The number of nitrogens with zero attached hydrogens (tertiary/aromatic N) is 1. The highest BCUT2D eigenvalue weighted by atomic mass is 32.2. The minimum absolute atomic E-state index is 0.0336. The SMILES string of the molecule is COCCN(Cc1ccccc1)C(=O)c1cccc(S(=O)(=O)Nc2cccc(C)c2)c1. The zero-order valence-electron chi connectivity index (χ0n) is 17.6. The third-order valence-corrected chi connectivity index (χ3v) is 6.11. The van der Waals surface area contributed by atoms with E-state index in [2.05, 4.69) is 4.72 Å². The molecule has 0 aliphatic rings. The molecule has 0 fully saturated rings. The maximum absolute atomic E-state index is 13.2. The molecule has 0 unspecified atom stereocenters. The van der Waals surface area contributed by atoms with Crippen LogP contribution in [0.15, 0.2) is 83.8 Å². The number of nitrogens with one attached hydrogen (secondary N) is 1. The van der Waals surface area contributed by atoms with Crippen molar-refractivity contribution in [3.05, 3.63) is 95.6 Å². The summed E-state index contributed by atoms with van der Waals surface area (Å²) in [5, 5.41) is 0. The van der Waals surface area contributed by atoms with Crippen LogP contribution in [0.2, 0.25) is 0 Å². The molecule has 31 heavy (non-hydrogen) atoms. The molecule has 6 nitrogen and oxygen atoms in total. The summed E-state index contributed by atoms with van der Waals surface area (Å²) in [5.41, 5.74) is 2.71. The van der Waals surface area contributed by atoms with Gasteiger partial charge in [-0.15, -0.1) is 0 Å². The van der Waals surface area contributed by atoms with E-state index in [1.54, 1.807) is 42.3 Å². The van der Waals surface area contributed by atoms with E-state index in [9.17, 15) is 13.2 Å². The van der Waals surface area contributed by atoms with Gasteiger partial charge in [-0.3, -0.25) is 9.52 Å². The Morgan fingerprint density at radius 2 is 1.71 bits per heavy atom. The van der Waals surface area contributed by atoms with Gasteiger partial charge < -0.3 is 9.64 Å². The quantitative estimate of drug-likeness (QED) is 0.546. The molecule has 7 heteroatoms. The van der Waals surface area contributed by atoms with E-state index in [-0.39, 0.29) is 10.8 Å². The lowest BCUT2D eigenvalue weighted by molar-refractivity contribution is 0.0680. The molecule has 0 aromatic heterocycles. The van der Waals surface area contributed by atoms with Crippen molar-refractivity contribution >= 4 is 21.6 Å². The number of hydrogen-bond acceptors (Lipinski definition) is 4. The summed E-state index contributed by atoms with van der Waals surface area (Å²) in [7, 11) is -2.25. The van der Waals surface area contributed by atoms with Crippen LogP contribution in [0.3, 0.4) is 0 Å². The monoisotopic (exact) mass is 438 g/mol. The van der Waals surface area contributed by atoms with Crippen LogP contribution in [0.1, 0.15) is 21.5 Å². The van der Waals surface area contributed by atoms with Crippen LogP contribution < -0.4 is 4.72 Å². The maximum Gasteiger partial charge on any atom is 0.261 e. The van der Waals surface area contributed by atoms with Crippen LogP contribution in [-0.2, 0) is 21.3 Å². The maximum atomic E-state index is 13.2. The highest BCUT2D eigenvalue weighted by Crippen LogP contribution is 2.19. The van der Waals surface area contributed by atoms with E-state index in [4.69, 9.17) is 4.74 Å². The zero-order valence-corrected chi connectivity index (χ0v) is 18.4. The number of carbonyl (C=O) groups excluding carboxylic acids is 1. The summed E-state index contributed by atoms with van der Waals surface area (Å²) in [6.07, 6.45) is 0. The number of amides is 1. The van der Waals surface area contributed by atoms with Gasteiger partial charge in [-0.05, 0) is 48.4 Å². The Labute approximate surface area is 183 Å². The smallest absolute Gasteiger partial charge is 0.261 e. The van der Waals surface area contributed by atoms with Gasteiger partial charge in [-0.1, -0.05) is 48.5 Å². The van der Waals surface area contributed by atoms with Crippen molar-refractivity contribution in [2.45, 2.75) is 18.4 Å². The minimum atomic E-state index is -3.83. The third kappa shape index (κ3) is 6.16. The van der Waals surface area contributed by atoms with E-state index in [0.29, 0.717) is 30.9 Å². The molecule has 3 rings (SSSR count). The Morgan fingerprint density at radius 1 is 0.968 bits per heavy atom. The van der Waals surface area contributed by atoms with E-state index in [1.807, 2.05) is 43.3 Å². The third-order valence-electron chi connectivity index (χ3n) is 4.73. The molecular formula is C24H26N2O4S. The lowest BCUT2D eigenvalue weighted by atomic mass is 10.1. The second-order valence-corrected chi connectivity index (χ2v) is 8.89. The Bertz CT molecular complexity index is 1130. The van der Waals surface area contributed by atoms with Gasteiger partial charge >= 0.3 is 0 Å². The summed E-state index contributed by atoms with van der Waals surface area (Å²) in [6.45, 7) is 3.06. The molecule has 0 aliphatic carbocycles. The van der Waals surface area contributed by atoms with Crippen LogP contribution >= 0.6 is 0 Å². The Kier molecular flexibility index (Phi) is 7.44. The molecule has 3 aromatic carbocycles. The summed E-state index contributed by atoms with van der Waals surface area (Å²) < 4.78 is 33.5. The Morgan fingerprint density at radius 3 is 2.42 bits per heavy atom. The molecule has 1 amide bonds. The lowest BCUT2D eigenvalue weighted by Gasteiger charge is -2.23. The van der Waals surface area contributed by atoms with Gasteiger partial charge in [-0.2, -0.15) is 0 Å². The van der Waals surface area contributed by atoms with Crippen LogP contribution in [0.25, 0.3) is 0 Å². The zero-order chi connectivity index (χ0) is 22.3. The van der Waals surface area contributed by atoms with Crippen molar-refractivity contribution in [1.82, 2.24) is 4.90 Å². The lowest BCUT2D eigenvalue weighted by Crippen LogP contribution is -2.33. The van der Waals surface area contributed by atoms with Gasteiger partial charge in [0.25, 0.3) is 15.9 Å². The average molecular weight is 439 g/mol. The highest BCUT2D eigenvalue weighted by Gasteiger charge is 2.20. The normalized spacial score (nSPS) is 11.2. The fourth-order valence-electron chi connectivity index (χ4n) is 3.16. The van der Waals surface area contributed by atoms with E-state index in [0.717, 1.165) is 11.1 Å². The standard InChI is InChI=1S/C24H26N2O4S/c1-19-8-6-12-22(16-19)25-31(28,29)23-13-7-11-21(17-23)24(27)26(14-15-30-2)18-20-9-4-3-5-10-20/h3-13,16-17,25H,14-15,18H2,1-2H3. The minimum Gasteiger partial charge on any atom is -0.383 e. The molecule has 3 aromatic rings. The summed E-state index contributed by atoms with van der Waals surface area (Å²) in [6, 6.07) is 22.8. The molecule has 0 heterocycles. The Hall–Kier alpha value is -3.16. The molecule has 0 atom stereocenters. The Balaban J connectivity index is 1.84. The number of rotatable bonds is 9. The molecule has 0 saturated heterocycles. The summed E-state index contributed by atoms with van der Waals surface area (Å²) in [4.78, 5) is 14.9. The van der Waals surface area contributed by atoms with Gasteiger partial charge in [0.1, 0.15) is 0 Å². The van der Waals surface area contributed by atoms with Gasteiger partial charge in [0.2, 0.25) is 0 Å². The predicted molar refractivity (Wildman–Crippen MR) is 121 cm³/mol. The topological polar surface area (TPSA) is 75.7 Å². The van der Waals surface area contributed by atoms with Crippen LogP contribution in [-0.4, -0.2) is 39.5 Å². The molecular weight excluding hydrogens is 412 g/mol. The van der Waals surface area contributed by atoms with Crippen LogP contribution in [0.5, 0.6) is 0 Å². The molecule has 0 spiro atoms. The molecule has 162 valence electrons. The first-order valence-electron chi connectivity index (χ1n) is 9.91. The first-order chi connectivity index (χ1) is 14.9. The van der Waals surface area contributed by atoms with Crippen molar-refractivity contribution in [1.29, 1.82) is 0 Å². The molecule has 0 bridgehead atoms. The molecule has 1 N–H and O–H groups in total. The van der Waals surface area contributed by atoms with Gasteiger partial charge in [0.15, 0.2) is 0 Å². The van der Waals surface area contributed by atoms with Gasteiger partial charge in [0, 0.05) is 31.5 Å². The number of anilines is 1. The fourth-order valence-corrected chi connectivity index (χ4v) is 4.25. The van der Waals surface area contributed by atoms with Crippen molar-refractivity contribution in [2.24, 2.45) is 0 Å². The number of methoxy groups -OCH3 is 1. The molecule has 0 aliphatic heterocycles. The first-order valence-corrected chi connectivity index (χ1v) is 11.4. The summed E-state index contributed by atoms with van der Waals surface area (Å²) >= 11 is 0. The average Bonchev–Trinajstić information content (AvgIpc) is 2.76. The van der Waals surface area contributed by atoms with Crippen molar-refractivity contribution < 1.29 is 17.9 Å². The number of hydrogen-bond donors (Lipinski definition) is 1. The van der Waals surface area contributed by atoms with Crippen molar-refractivity contribution in [3.8, 4) is 0 Å². The highest BCUT2D eigenvalue weighted by molar-refractivity contribution is 7.92. The van der Waals surface area contributed by atoms with E-state index in [1.165, 1.54) is 12.1 Å². The fraction of sp³-hybridized carbons (Fsp3) is 0.208. The second kappa shape index (κ2) is 10.2. The number of benzene rings is 3. The second-order valence-electron chi connectivity index (χ2n) is 7.21. The van der Waals surface area contributed by atoms with Gasteiger partial charge in [0.05, 0.1) is 11.5 Å². The van der Waals surface area contributed by atoms with Crippen LogP contribution in [0.4, 0.5) is 5.69 Å². The summed E-state index contributed by atoms with van der Waals surface area (Å²) in [5.74, 6) is -0.256. The predicted octanol–water partition coefficient (Wildman–Crippen LogP) is 4.08. The molecule has 0 radical (unpaired) electrons. The number of carbonyl (C=O) groups is 1. The van der Waals surface area contributed by atoms with E-state index >= 15 is 0 Å². The van der Waals surface area contributed by atoms with Gasteiger partial charge in [-0.25, -0.2) is 8.42 Å². The first kappa shape index (κ1) is 22.5. The largest absolute Gasteiger partial charge is 0.383 e. The number of ether oxygens (including phenoxy) is 1. The number of sulfonamides is 1. The van der Waals surface area contributed by atoms with E-state index < -0.39 is 10.0 Å². The molecule has 0 saturated carbocycles. The number of aryl methyl sites for hydroxylation is 1. The van der Waals surface area contributed by atoms with Crippen molar-refractivity contribution in [3.63, 3.8) is 0 Å².